The van der Waals surface area contributed by atoms with Gasteiger partial charge in [0.2, 0.25) is 0 Å². The van der Waals surface area contributed by atoms with Gasteiger partial charge in [-0.25, -0.2) is 13.2 Å². The number of aromatic amines is 1. The van der Waals surface area contributed by atoms with Crippen molar-refractivity contribution in [2.24, 2.45) is 0 Å². The average molecular weight is 268 g/mol. The fraction of sp³-hybridized carbons (Fsp3) is 0. The highest BCUT2D eigenvalue weighted by molar-refractivity contribution is 6.03. The molecule has 0 aliphatic heterocycles. The smallest absolute Gasteiger partial charge is 0.261 e. The second kappa shape index (κ2) is 4.97. The summed E-state index contributed by atoms with van der Waals surface area (Å²) in [5.74, 6) is -5.35. The number of hydrogen-bond acceptors (Lipinski definition) is 2. The van der Waals surface area contributed by atoms with Gasteiger partial charge in [0.25, 0.3) is 5.91 Å². The minimum absolute atomic E-state index is 0.229. The van der Waals surface area contributed by atoms with Crippen LogP contribution in [0.2, 0.25) is 0 Å². The number of anilines is 1. The zero-order valence-electron chi connectivity index (χ0n) is 9.34. The van der Waals surface area contributed by atoms with Crippen LogP contribution in [-0.2, 0) is 0 Å². The van der Waals surface area contributed by atoms with E-state index >= 15 is 0 Å². The summed E-state index contributed by atoms with van der Waals surface area (Å²) in [6, 6.07) is 2.36. The average Bonchev–Trinajstić information content (AvgIpc) is 2.36. The van der Waals surface area contributed by atoms with Gasteiger partial charge < -0.3 is 10.3 Å². The van der Waals surface area contributed by atoms with E-state index in [-0.39, 0.29) is 11.3 Å². The Kier molecular flexibility index (Phi) is 3.37. The maximum atomic E-state index is 12.9. The largest absolute Gasteiger partial charge is 0.367 e. The van der Waals surface area contributed by atoms with Crippen molar-refractivity contribution >= 4 is 11.6 Å². The first kappa shape index (κ1) is 12.9. The van der Waals surface area contributed by atoms with E-state index in [0.29, 0.717) is 12.1 Å². The Morgan fingerprint density at radius 1 is 1.16 bits per heavy atom. The van der Waals surface area contributed by atoms with Crippen LogP contribution in [0, 0.1) is 17.5 Å². The third-order valence-corrected chi connectivity index (χ3v) is 2.31. The predicted octanol–water partition coefficient (Wildman–Crippen LogP) is 2.04. The van der Waals surface area contributed by atoms with Gasteiger partial charge in [-0.15, -0.1) is 0 Å². The number of carbonyl (C=O) groups excluding carboxylic acids is 1. The van der Waals surface area contributed by atoms with Gasteiger partial charge in [-0.2, -0.15) is 0 Å². The minimum Gasteiger partial charge on any atom is -0.367 e. The van der Waals surface area contributed by atoms with Crippen molar-refractivity contribution in [3.63, 3.8) is 0 Å². The van der Waals surface area contributed by atoms with Crippen molar-refractivity contribution in [3.8, 4) is 0 Å². The van der Waals surface area contributed by atoms with E-state index in [1.165, 1.54) is 6.20 Å². The van der Waals surface area contributed by atoms with Gasteiger partial charge in [-0.3, -0.25) is 9.59 Å². The standard InChI is InChI=1S/C12H7F3N2O2/c13-8-3-6(4-9(14)11(8)15)17-12(19)7-5-16-2-1-10(7)18/h1-5H,(H,16,18)(H,17,19). The van der Waals surface area contributed by atoms with E-state index in [4.69, 9.17) is 0 Å². The first-order chi connectivity index (χ1) is 8.99. The molecule has 0 bridgehead atoms. The molecule has 0 spiro atoms. The molecule has 0 unspecified atom stereocenters. The lowest BCUT2D eigenvalue weighted by Gasteiger charge is -2.05. The summed E-state index contributed by atoms with van der Waals surface area (Å²) < 4.78 is 38.6. The van der Waals surface area contributed by atoms with Crippen LogP contribution in [0.15, 0.2) is 35.4 Å². The third kappa shape index (κ3) is 2.65. The quantitative estimate of drug-likeness (QED) is 0.819. The number of carbonyl (C=O) groups is 1. The molecule has 2 N–H and O–H groups in total. The summed E-state index contributed by atoms with van der Waals surface area (Å²) in [4.78, 5) is 25.6. The number of pyridine rings is 1. The molecule has 4 nitrogen and oxygen atoms in total. The molecule has 2 aromatic rings. The Labute approximate surface area is 104 Å². The maximum Gasteiger partial charge on any atom is 0.261 e. The van der Waals surface area contributed by atoms with Gasteiger partial charge in [0.1, 0.15) is 5.56 Å². The molecule has 7 heteroatoms. The van der Waals surface area contributed by atoms with Crippen molar-refractivity contribution in [2.45, 2.75) is 0 Å². The fourth-order valence-corrected chi connectivity index (χ4v) is 1.42. The Morgan fingerprint density at radius 2 is 1.79 bits per heavy atom. The molecular weight excluding hydrogens is 261 g/mol. The second-order valence-electron chi connectivity index (χ2n) is 3.63. The minimum atomic E-state index is -1.63. The topological polar surface area (TPSA) is 62.0 Å². The molecule has 1 aromatic carbocycles. The third-order valence-electron chi connectivity index (χ3n) is 2.31. The van der Waals surface area contributed by atoms with Gasteiger partial charge in [0.15, 0.2) is 22.9 Å². The maximum absolute atomic E-state index is 12.9. The predicted molar refractivity (Wildman–Crippen MR) is 61.3 cm³/mol. The number of nitrogens with one attached hydrogen (secondary N) is 2. The summed E-state index contributed by atoms with van der Waals surface area (Å²) in [6.45, 7) is 0. The van der Waals surface area contributed by atoms with Gasteiger partial charge >= 0.3 is 0 Å². The number of benzene rings is 1. The summed E-state index contributed by atoms with van der Waals surface area (Å²) in [7, 11) is 0. The van der Waals surface area contributed by atoms with Crippen molar-refractivity contribution in [1.82, 2.24) is 4.98 Å². The highest BCUT2D eigenvalue weighted by Gasteiger charge is 2.14. The Hall–Kier alpha value is -2.57. The van der Waals surface area contributed by atoms with Crippen molar-refractivity contribution in [3.05, 3.63) is 63.8 Å². The molecule has 0 aliphatic carbocycles. The molecule has 0 atom stereocenters. The number of H-pyrrole nitrogens is 1. The molecule has 2 rings (SSSR count). The van der Waals surface area contributed by atoms with Crippen molar-refractivity contribution < 1.29 is 18.0 Å². The van der Waals surface area contributed by atoms with Gasteiger partial charge in [-0.1, -0.05) is 0 Å². The summed E-state index contributed by atoms with van der Waals surface area (Å²) in [5, 5.41) is 2.10. The number of hydrogen-bond donors (Lipinski definition) is 2. The molecule has 1 heterocycles. The second-order valence-corrected chi connectivity index (χ2v) is 3.63. The molecule has 0 saturated carbocycles. The molecule has 1 aromatic heterocycles. The molecule has 1 amide bonds. The van der Waals surface area contributed by atoms with Crippen molar-refractivity contribution in [2.75, 3.05) is 5.32 Å². The Balaban J connectivity index is 2.30. The zero-order chi connectivity index (χ0) is 14.0. The molecule has 0 radical (unpaired) electrons. The first-order valence-corrected chi connectivity index (χ1v) is 5.12. The summed E-state index contributed by atoms with van der Waals surface area (Å²) >= 11 is 0. The molecule has 0 saturated heterocycles. The van der Waals surface area contributed by atoms with Gasteiger partial charge in [0, 0.05) is 36.3 Å². The van der Waals surface area contributed by atoms with Crippen molar-refractivity contribution in [1.29, 1.82) is 0 Å². The monoisotopic (exact) mass is 268 g/mol. The fourth-order valence-electron chi connectivity index (χ4n) is 1.42. The Bertz CT molecular complexity index is 674. The number of amides is 1. The van der Waals surface area contributed by atoms with Gasteiger partial charge in [0.05, 0.1) is 0 Å². The molecule has 19 heavy (non-hydrogen) atoms. The van der Waals surface area contributed by atoms with Gasteiger partial charge in [-0.05, 0) is 0 Å². The molecule has 0 aliphatic rings. The lowest BCUT2D eigenvalue weighted by atomic mass is 10.2. The number of halogens is 3. The number of aromatic nitrogens is 1. The van der Waals surface area contributed by atoms with Crippen LogP contribution in [-0.4, -0.2) is 10.9 Å². The molecule has 98 valence electrons. The van der Waals surface area contributed by atoms with Crippen LogP contribution in [0.1, 0.15) is 10.4 Å². The highest BCUT2D eigenvalue weighted by Crippen LogP contribution is 2.17. The van der Waals surface area contributed by atoms with Crippen LogP contribution in [0.4, 0.5) is 18.9 Å². The van der Waals surface area contributed by atoms with Crippen LogP contribution in [0.25, 0.3) is 0 Å². The van der Waals surface area contributed by atoms with Crippen LogP contribution in [0.3, 0.4) is 0 Å². The first-order valence-electron chi connectivity index (χ1n) is 5.12. The summed E-state index contributed by atoms with van der Waals surface area (Å²) in [5.41, 5.74) is -1.07. The van der Waals surface area contributed by atoms with E-state index in [1.807, 2.05) is 0 Å². The SMILES string of the molecule is O=C(Nc1cc(F)c(F)c(F)c1)c1c[nH]ccc1=O. The van der Waals surface area contributed by atoms with E-state index in [2.05, 4.69) is 10.3 Å². The normalized spacial score (nSPS) is 10.3. The molecule has 0 fully saturated rings. The van der Waals surface area contributed by atoms with E-state index in [1.54, 1.807) is 0 Å². The highest BCUT2D eigenvalue weighted by atomic mass is 19.2. The van der Waals surface area contributed by atoms with E-state index < -0.39 is 28.8 Å². The van der Waals surface area contributed by atoms with Crippen LogP contribution >= 0.6 is 0 Å². The lowest BCUT2D eigenvalue weighted by molar-refractivity contribution is 0.102. The molecular formula is C12H7F3N2O2. The lowest BCUT2D eigenvalue weighted by Crippen LogP contribution is -2.21. The number of rotatable bonds is 2. The van der Waals surface area contributed by atoms with E-state index in [9.17, 15) is 22.8 Å². The van der Waals surface area contributed by atoms with Crippen LogP contribution in [0.5, 0.6) is 0 Å². The summed E-state index contributed by atoms with van der Waals surface area (Å²) in [6.07, 6.45) is 2.48. The van der Waals surface area contributed by atoms with Crippen LogP contribution < -0.4 is 10.7 Å². The Morgan fingerprint density at radius 3 is 2.37 bits per heavy atom. The van der Waals surface area contributed by atoms with E-state index in [0.717, 1.165) is 12.3 Å². The zero-order valence-corrected chi connectivity index (χ0v) is 9.34.